The van der Waals surface area contributed by atoms with Crippen molar-refractivity contribution in [1.29, 1.82) is 0 Å². The van der Waals surface area contributed by atoms with Crippen LogP contribution in [0, 0.1) is 5.92 Å². The number of methoxy groups -OCH3 is 1. The van der Waals surface area contributed by atoms with E-state index in [4.69, 9.17) is 4.74 Å². The summed E-state index contributed by atoms with van der Waals surface area (Å²) in [6.07, 6.45) is 2.02. The van der Waals surface area contributed by atoms with Crippen LogP contribution in [0.15, 0.2) is 54.6 Å². The van der Waals surface area contributed by atoms with Crippen LogP contribution in [-0.4, -0.2) is 55.9 Å². The van der Waals surface area contributed by atoms with E-state index in [0.717, 1.165) is 17.7 Å². The zero-order valence-corrected chi connectivity index (χ0v) is 17.8. The molecule has 7 nitrogen and oxygen atoms in total. The molecule has 2 N–H and O–H groups in total. The second-order valence-electron chi connectivity index (χ2n) is 7.59. The lowest BCUT2D eigenvalue weighted by Gasteiger charge is -2.31. The van der Waals surface area contributed by atoms with Crippen LogP contribution >= 0.6 is 0 Å². The number of amides is 3. The van der Waals surface area contributed by atoms with Gasteiger partial charge in [0.15, 0.2) is 0 Å². The Balaban J connectivity index is 1.34. The minimum absolute atomic E-state index is 0.0353. The average molecular weight is 424 g/mol. The zero-order valence-electron chi connectivity index (χ0n) is 17.8. The lowest BCUT2D eigenvalue weighted by molar-refractivity contribution is -0.134. The molecule has 2 aromatic rings. The fourth-order valence-electron chi connectivity index (χ4n) is 3.62. The minimum Gasteiger partial charge on any atom is -0.497 e. The van der Waals surface area contributed by atoms with Gasteiger partial charge >= 0.3 is 0 Å². The summed E-state index contributed by atoms with van der Waals surface area (Å²) in [6, 6.07) is 16.6. The Hall–Kier alpha value is -3.35. The molecule has 164 valence electrons. The van der Waals surface area contributed by atoms with Crippen LogP contribution in [0.1, 0.15) is 28.8 Å². The number of nitrogens with zero attached hydrogens (tertiary/aromatic N) is 1. The molecule has 1 saturated heterocycles. The molecular weight excluding hydrogens is 394 g/mol. The molecule has 1 aliphatic rings. The molecule has 1 aliphatic heterocycles. The number of ether oxygens (including phenoxy) is 1. The highest BCUT2D eigenvalue weighted by molar-refractivity contribution is 5.96. The van der Waals surface area contributed by atoms with Gasteiger partial charge in [-0.2, -0.15) is 0 Å². The summed E-state index contributed by atoms with van der Waals surface area (Å²) in [6.45, 7) is 1.59. The van der Waals surface area contributed by atoms with Gasteiger partial charge in [-0.15, -0.1) is 0 Å². The maximum absolute atomic E-state index is 12.4. The number of benzene rings is 2. The summed E-state index contributed by atoms with van der Waals surface area (Å²) in [4.78, 5) is 38.6. The molecule has 0 aliphatic carbocycles. The SMILES string of the molecule is COc1ccc(CCNC(=O)C2CCN(C(=O)CNC(=O)c3ccccc3)CC2)cc1. The van der Waals surface area contributed by atoms with E-state index in [2.05, 4.69) is 10.6 Å². The zero-order chi connectivity index (χ0) is 22.1. The third-order valence-electron chi connectivity index (χ3n) is 5.53. The third kappa shape index (κ3) is 6.57. The van der Waals surface area contributed by atoms with Crippen LogP contribution < -0.4 is 15.4 Å². The largest absolute Gasteiger partial charge is 0.497 e. The van der Waals surface area contributed by atoms with Crippen LogP contribution in [-0.2, 0) is 16.0 Å². The summed E-state index contributed by atoms with van der Waals surface area (Å²) in [5.41, 5.74) is 1.67. The number of nitrogens with one attached hydrogen (secondary N) is 2. The first-order chi connectivity index (χ1) is 15.1. The fourth-order valence-corrected chi connectivity index (χ4v) is 3.62. The first-order valence-corrected chi connectivity index (χ1v) is 10.6. The molecule has 31 heavy (non-hydrogen) atoms. The van der Waals surface area contributed by atoms with Crippen molar-refractivity contribution in [3.8, 4) is 5.75 Å². The molecule has 0 unspecified atom stereocenters. The minimum atomic E-state index is -0.264. The molecule has 0 aromatic heterocycles. The van der Waals surface area contributed by atoms with Crippen molar-refractivity contribution in [2.75, 3.05) is 33.3 Å². The van der Waals surface area contributed by atoms with Gasteiger partial charge in [0.2, 0.25) is 11.8 Å². The van der Waals surface area contributed by atoms with E-state index in [1.807, 2.05) is 30.3 Å². The Morgan fingerprint density at radius 3 is 2.29 bits per heavy atom. The molecule has 0 saturated carbocycles. The maximum Gasteiger partial charge on any atom is 0.251 e. The quantitative estimate of drug-likeness (QED) is 0.680. The molecule has 0 radical (unpaired) electrons. The number of hydrogen-bond donors (Lipinski definition) is 2. The molecule has 3 rings (SSSR count). The van der Waals surface area contributed by atoms with E-state index < -0.39 is 0 Å². The van der Waals surface area contributed by atoms with Crippen LogP contribution in [0.25, 0.3) is 0 Å². The van der Waals surface area contributed by atoms with Crippen molar-refractivity contribution in [3.63, 3.8) is 0 Å². The van der Waals surface area contributed by atoms with Gasteiger partial charge in [-0.25, -0.2) is 0 Å². The molecule has 0 atom stereocenters. The molecule has 1 fully saturated rings. The lowest BCUT2D eigenvalue weighted by atomic mass is 9.95. The van der Waals surface area contributed by atoms with Crippen molar-refractivity contribution in [3.05, 3.63) is 65.7 Å². The highest BCUT2D eigenvalue weighted by Crippen LogP contribution is 2.17. The first kappa shape index (κ1) is 22.3. The lowest BCUT2D eigenvalue weighted by Crippen LogP contribution is -2.46. The molecule has 2 aromatic carbocycles. The van der Waals surface area contributed by atoms with E-state index in [1.165, 1.54) is 0 Å². The van der Waals surface area contributed by atoms with E-state index in [1.54, 1.807) is 36.3 Å². The molecule has 1 heterocycles. The topological polar surface area (TPSA) is 87.7 Å². The predicted molar refractivity (Wildman–Crippen MR) is 118 cm³/mol. The fraction of sp³-hybridized carbons (Fsp3) is 0.375. The van der Waals surface area contributed by atoms with Crippen molar-refractivity contribution >= 4 is 17.7 Å². The second-order valence-corrected chi connectivity index (χ2v) is 7.59. The van der Waals surface area contributed by atoms with Crippen LogP contribution in [0.3, 0.4) is 0 Å². The van der Waals surface area contributed by atoms with Crippen molar-refractivity contribution in [1.82, 2.24) is 15.5 Å². The van der Waals surface area contributed by atoms with E-state index in [9.17, 15) is 14.4 Å². The van der Waals surface area contributed by atoms with Gasteiger partial charge in [-0.3, -0.25) is 14.4 Å². The van der Waals surface area contributed by atoms with Gasteiger partial charge in [-0.05, 0) is 49.1 Å². The van der Waals surface area contributed by atoms with Crippen molar-refractivity contribution in [2.45, 2.75) is 19.3 Å². The normalized spacial score (nSPS) is 14.0. The molecule has 0 bridgehead atoms. The number of hydrogen-bond acceptors (Lipinski definition) is 4. The van der Waals surface area contributed by atoms with Crippen LogP contribution in [0.5, 0.6) is 5.75 Å². The Bertz CT molecular complexity index is 875. The van der Waals surface area contributed by atoms with Gasteiger partial charge < -0.3 is 20.3 Å². The maximum atomic E-state index is 12.4. The third-order valence-corrected chi connectivity index (χ3v) is 5.53. The van der Waals surface area contributed by atoms with Crippen molar-refractivity contribution < 1.29 is 19.1 Å². The van der Waals surface area contributed by atoms with Crippen LogP contribution in [0.4, 0.5) is 0 Å². The number of carbonyl (C=O) groups excluding carboxylic acids is 3. The summed E-state index contributed by atoms with van der Waals surface area (Å²) >= 11 is 0. The summed E-state index contributed by atoms with van der Waals surface area (Å²) in [5, 5.41) is 5.66. The van der Waals surface area contributed by atoms with Gasteiger partial charge in [0, 0.05) is 31.1 Å². The predicted octanol–water partition coefficient (Wildman–Crippen LogP) is 2.02. The van der Waals surface area contributed by atoms with Gasteiger partial charge in [0.05, 0.1) is 13.7 Å². The standard InChI is InChI=1S/C24H29N3O4/c1-31-21-9-7-18(8-10-21)11-14-25-23(29)20-12-15-27(16-13-20)22(28)17-26-24(30)19-5-3-2-4-6-19/h2-10,20H,11-17H2,1H3,(H,25,29)(H,26,30). The van der Waals surface area contributed by atoms with E-state index in [0.29, 0.717) is 38.0 Å². The highest BCUT2D eigenvalue weighted by Gasteiger charge is 2.27. The number of piperidine rings is 1. The van der Waals surface area contributed by atoms with E-state index >= 15 is 0 Å². The Kier molecular flexibility index (Phi) is 8.04. The van der Waals surface area contributed by atoms with E-state index in [-0.39, 0.29) is 30.2 Å². The second kappa shape index (κ2) is 11.2. The Labute approximate surface area is 182 Å². The first-order valence-electron chi connectivity index (χ1n) is 10.6. The molecule has 3 amide bonds. The Morgan fingerprint density at radius 2 is 1.65 bits per heavy atom. The Morgan fingerprint density at radius 1 is 0.968 bits per heavy atom. The monoisotopic (exact) mass is 423 g/mol. The summed E-state index contributed by atoms with van der Waals surface area (Å²) in [7, 11) is 1.63. The molecule has 7 heteroatoms. The summed E-state index contributed by atoms with van der Waals surface area (Å²) < 4.78 is 5.15. The smallest absolute Gasteiger partial charge is 0.251 e. The van der Waals surface area contributed by atoms with Gasteiger partial charge in [0.1, 0.15) is 5.75 Å². The highest BCUT2D eigenvalue weighted by atomic mass is 16.5. The summed E-state index contributed by atoms with van der Waals surface area (Å²) in [5.74, 6) is 0.383. The van der Waals surface area contributed by atoms with Gasteiger partial charge in [0.25, 0.3) is 5.91 Å². The molecular formula is C24H29N3O4. The number of rotatable bonds is 8. The number of likely N-dealkylation sites (tertiary alicyclic amines) is 1. The molecule has 0 spiro atoms. The number of carbonyl (C=O) groups is 3. The average Bonchev–Trinajstić information content (AvgIpc) is 2.83. The van der Waals surface area contributed by atoms with Crippen molar-refractivity contribution in [2.24, 2.45) is 5.92 Å². The van der Waals surface area contributed by atoms with Crippen LogP contribution in [0.2, 0.25) is 0 Å². The van der Waals surface area contributed by atoms with Gasteiger partial charge in [-0.1, -0.05) is 30.3 Å².